The number of hydrogen-bond acceptors (Lipinski definition) is 3. The molecule has 0 unspecified atom stereocenters. The Labute approximate surface area is 124 Å². The summed E-state index contributed by atoms with van der Waals surface area (Å²) in [5.41, 5.74) is 0.336. The first-order chi connectivity index (χ1) is 10.5. The van der Waals surface area contributed by atoms with Gasteiger partial charge < -0.3 is 4.57 Å². The van der Waals surface area contributed by atoms with Crippen molar-refractivity contribution in [3.63, 3.8) is 0 Å². The van der Waals surface area contributed by atoms with Crippen molar-refractivity contribution in [2.24, 2.45) is 7.05 Å². The number of hydrogen-bond donors (Lipinski definition) is 0. The molecule has 1 aromatic carbocycles. The summed E-state index contributed by atoms with van der Waals surface area (Å²) in [5, 5.41) is 12.0. The molecule has 2 heterocycles. The van der Waals surface area contributed by atoms with E-state index in [1.165, 1.54) is 6.07 Å². The van der Waals surface area contributed by atoms with Crippen LogP contribution in [0.2, 0.25) is 0 Å². The number of benzene rings is 1. The van der Waals surface area contributed by atoms with Crippen molar-refractivity contribution in [1.82, 2.24) is 24.5 Å². The molecule has 2 aromatic heterocycles. The van der Waals surface area contributed by atoms with Crippen molar-refractivity contribution >= 4 is 0 Å². The van der Waals surface area contributed by atoms with E-state index in [0.717, 1.165) is 12.1 Å². The molecule has 0 aliphatic heterocycles. The molecule has 0 saturated heterocycles. The normalized spacial score (nSPS) is 11.3. The SMILES string of the molecule is Cn1cnnc1Cn1ccc(-c2ccc(C(F)F)c(F)c2)n1. The number of aromatic nitrogens is 5. The van der Waals surface area contributed by atoms with Gasteiger partial charge in [0.05, 0.1) is 11.3 Å². The van der Waals surface area contributed by atoms with Crippen molar-refractivity contribution in [3.8, 4) is 11.3 Å². The monoisotopic (exact) mass is 307 g/mol. The van der Waals surface area contributed by atoms with Crippen LogP contribution in [0.1, 0.15) is 17.8 Å². The molecule has 0 aliphatic carbocycles. The molecule has 3 aromatic rings. The minimum atomic E-state index is -2.83. The average molecular weight is 307 g/mol. The molecule has 0 N–H and O–H groups in total. The lowest BCUT2D eigenvalue weighted by Gasteiger charge is -2.04. The maximum atomic E-state index is 13.6. The minimum absolute atomic E-state index is 0.411. The van der Waals surface area contributed by atoms with Gasteiger partial charge in [-0.25, -0.2) is 13.2 Å². The van der Waals surface area contributed by atoms with E-state index in [1.54, 1.807) is 27.8 Å². The lowest BCUT2D eigenvalue weighted by molar-refractivity contribution is 0.146. The highest BCUT2D eigenvalue weighted by Gasteiger charge is 2.14. The Morgan fingerprint density at radius 2 is 2.05 bits per heavy atom. The molecule has 0 fully saturated rings. The number of rotatable bonds is 4. The van der Waals surface area contributed by atoms with Gasteiger partial charge in [-0.1, -0.05) is 6.07 Å². The Balaban J connectivity index is 1.85. The number of alkyl halides is 2. The van der Waals surface area contributed by atoms with Gasteiger partial charge in [0.15, 0.2) is 5.82 Å². The first kappa shape index (κ1) is 14.3. The number of halogens is 3. The van der Waals surface area contributed by atoms with Crippen LogP contribution in [0.25, 0.3) is 11.3 Å². The molecule has 114 valence electrons. The third-order valence-corrected chi connectivity index (χ3v) is 3.28. The largest absolute Gasteiger partial charge is 0.319 e. The lowest BCUT2D eigenvalue weighted by atomic mass is 10.1. The predicted octanol–water partition coefficient (Wildman–Crippen LogP) is 2.80. The van der Waals surface area contributed by atoms with Gasteiger partial charge in [-0.15, -0.1) is 10.2 Å². The van der Waals surface area contributed by atoms with Crippen LogP contribution in [-0.4, -0.2) is 24.5 Å². The molecule has 0 radical (unpaired) electrons. The second-order valence-corrected chi connectivity index (χ2v) is 4.79. The molecule has 3 rings (SSSR count). The van der Waals surface area contributed by atoms with Crippen LogP contribution in [0.3, 0.4) is 0 Å². The Hall–Kier alpha value is -2.64. The van der Waals surface area contributed by atoms with Gasteiger partial charge in [-0.05, 0) is 18.2 Å². The smallest absolute Gasteiger partial charge is 0.266 e. The lowest BCUT2D eigenvalue weighted by Crippen LogP contribution is -2.06. The van der Waals surface area contributed by atoms with Gasteiger partial charge >= 0.3 is 0 Å². The summed E-state index contributed by atoms with van der Waals surface area (Å²) in [5.74, 6) is -0.218. The Morgan fingerprint density at radius 3 is 2.68 bits per heavy atom. The standard InChI is InChI=1S/C14H12F3N5/c1-21-8-18-19-13(21)7-22-5-4-12(20-22)9-2-3-10(14(16)17)11(15)6-9/h2-6,8,14H,7H2,1H3. The molecule has 22 heavy (non-hydrogen) atoms. The van der Waals surface area contributed by atoms with Crippen molar-refractivity contribution < 1.29 is 13.2 Å². The zero-order valence-electron chi connectivity index (χ0n) is 11.6. The highest BCUT2D eigenvalue weighted by Crippen LogP contribution is 2.26. The van der Waals surface area contributed by atoms with Crippen LogP contribution in [-0.2, 0) is 13.6 Å². The summed E-state index contributed by atoms with van der Waals surface area (Å²) >= 11 is 0. The summed E-state index contributed by atoms with van der Waals surface area (Å²) in [6, 6.07) is 5.26. The highest BCUT2D eigenvalue weighted by molar-refractivity contribution is 5.59. The topological polar surface area (TPSA) is 48.5 Å². The van der Waals surface area contributed by atoms with E-state index in [2.05, 4.69) is 15.3 Å². The molecular weight excluding hydrogens is 295 g/mol. The molecule has 0 aliphatic rings. The Bertz CT molecular complexity index is 793. The number of nitrogens with zero attached hydrogens (tertiary/aromatic N) is 5. The quantitative estimate of drug-likeness (QED) is 0.744. The van der Waals surface area contributed by atoms with E-state index < -0.39 is 17.8 Å². The van der Waals surface area contributed by atoms with Gasteiger partial charge in [0.1, 0.15) is 18.7 Å². The van der Waals surface area contributed by atoms with E-state index in [4.69, 9.17) is 0 Å². The fourth-order valence-electron chi connectivity index (χ4n) is 2.06. The second-order valence-electron chi connectivity index (χ2n) is 4.79. The van der Waals surface area contributed by atoms with Crippen LogP contribution >= 0.6 is 0 Å². The molecule has 0 amide bonds. The Kier molecular flexibility index (Phi) is 3.66. The molecular formula is C14H12F3N5. The second kappa shape index (κ2) is 5.63. The molecule has 0 bridgehead atoms. The van der Waals surface area contributed by atoms with Gasteiger partial charge in [0.25, 0.3) is 6.43 Å². The molecule has 8 heteroatoms. The third-order valence-electron chi connectivity index (χ3n) is 3.28. The summed E-state index contributed by atoms with van der Waals surface area (Å²) < 4.78 is 42.1. The predicted molar refractivity (Wildman–Crippen MR) is 72.7 cm³/mol. The molecule has 0 spiro atoms. The molecule has 0 saturated carbocycles. The first-order valence-electron chi connectivity index (χ1n) is 6.49. The number of aryl methyl sites for hydroxylation is 1. The maximum Gasteiger partial charge on any atom is 0.266 e. The Morgan fingerprint density at radius 1 is 1.23 bits per heavy atom. The van der Waals surface area contributed by atoms with E-state index in [0.29, 0.717) is 23.6 Å². The van der Waals surface area contributed by atoms with E-state index >= 15 is 0 Å². The van der Waals surface area contributed by atoms with Gasteiger partial charge in [0, 0.05) is 18.8 Å². The first-order valence-corrected chi connectivity index (χ1v) is 6.49. The summed E-state index contributed by atoms with van der Waals surface area (Å²) in [6.07, 6.45) is 0.462. The third kappa shape index (κ3) is 2.72. The van der Waals surface area contributed by atoms with Crippen LogP contribution in [0.15, 0.2) is 36.8 Å². The minimum Gasteiger partial charge on any atom is -0.319 e. The van der Waals surface area contributed by atoms with Crippen LogP contribution in [0.4, 0.5) is 13.2 Å². The van der Waals surface area contributed by atoms with Gasteiger partial charge in [0.2, 0.25) is 0 Å². The fourth-order valence-corrected chi connectivity index (χ4v) is 2.06. The van der Waals surface area contributed by atoms with E-state index in [1.807, 2.05) is 7.05 Å². The van der Waals surface area contributed by atoms with Crippen LogP contribution < -0.4 is 0 Å². The fraction of sp³-hybridized carbons (Fsp3) is 0.214. The summed E-state index contributed by atoms with van der Waals surface area (Å²) in [7, 11) is 1.82. The van der Waals surface area contributed by atoms with Crippen LogP contribution in [0, 0.1) is 5.82 Å². The van der Waals surface area contributed by atoms with Gasteiger partial charge in [-0.3, -0.25) is 4.68 Å². The average Bonchev–Trinajstić information content (AvgIpc) is 3.09. The summed E-state index contributed by atoms with van der Waals surface area (Å²) in [4.78, 5) is 0. The van der Waals surface area contributed by atoms with Gasteiger partial charge in [-0.2, -0.15) is 5.10 Å². The summed E-state index contributed by atoms with van der Waals surface area (Å²) in [6.45, 7) is 0.411. The van der Waals surface area contributed by atoms with E-state index in [-0.39, 0.29) is 0 Å². The van der Waals surface area contributed by atoms with Crippen LogP contribution in [0.5, 0.6) is 0 Å². The van der Waals surface area contributed by atoms with Crippen molar-refractivity contribution in [2.75, 3.05) is 0 Å². The zero-order chi connectivity index (χ0) is 15.7. The van der Waals surface area contributed by atoms with Crippen molar-refractivity contribution in [1.29, 1.82) is 0 Å². The van der Waals surface area contributed by atoms with E-state index in [9.17, 15) is 13.2 Å². The maximum absolute atomic E-state index is 13.6. The zero-order valence-corrected chi connectivity index (χ0v) is 11.6. The van der Waals surface area contributed by atoms with Crippen molar-refractivity contribution in [3.05, 3.63) is 54.0 Å². The highest BCUT2D eigenvalue weighted by atomic mass is 19.3. The van der Waals surface area contributed by atoms with Crippen molar-refractivity contribution in [2.45, 2.75) is 13.0 Å². The molecule has 0 atom stereocenters. The molecule has 5 nitrogen and oxygen atoms in total.